The summed E-state index contributed by atoms with van der Waals surface area (Å²) in [4.78, 5) is 51.6. The molecule has 0 radical (unpaired) electrons. The first kappa shape index (κ1) is 28.9. The zero-order valence-corrected chi connectivity index (χ0v) is 22.6. The second-order valence-electron chi connectivity index (χ2n) is 12.4. The second-order valence-corrected chi connectivity index (χ2v) is 12.4. The lowest BCUT2D eigenvalue weighted by Crippen LogP contribution is -2.38. The predicted molar refractivity (Wildman–Crippen MR) is 128 cm³/mol. The molecule has 0 aromatic rings. The van der Waals surface area contributed by atoms with Gasteiger partial charge in [0.25, 0.3) is 0 Å². The first-order chi connectivity index (χ1) is 17.7. The zero-order chi connectivity index (χ0) is 28.0. The Bertz CT molecular complexity index is 939. The quantitative estimate of drug-likeness (QED) is 0.218. The Morgan fingerprint density at radius 3 is 2.26 bits per heavy atom. The molecule has 2 bridgehead atoms. The molecule has 3 saturated carbocycles. The van der Waals surface area contributed by atoms with Crippen LogP contribution < -0.4 is 0 Å². The molecule has 9 unspecified atom stereocenters. The van der Waals surface area contributed by atoms with E-state index in [1.165, 1.54) is 0 Å². The Labute approximate surface area is 221 Å². The molecule has 4 aliphatic rings. The molecule has 0 spiro atoms. The van der Waals surface area contributed by atoms with E-state index in [0.717, 1.165) is 51.9 Å². The molecule has 0 aromatic carbocycles. The number of fused-ring (bicyclic) bond motifs is 2. The summed E-state index contributed by atoms with van der Waals surface area (Å²) in [6.45, 7) is 6.21. The largest absolute Gasteiger partial charge is 0.459 e. The summed E-state index contributed by atoms with van der Waals surface area (Å²) in [6, 6.07) is 0. The van der Waals surface area contributed by atoms with Crippen LogP contribution in [-0.2, 0) is 33.4 Å². The molecule has 0 amide bonds. The maximum Gasteiger partial charge on any atom is 0.425 e. The monoisotopic (exact) mass is 544 g/mol. The van der Waals surface area contributed by atoms with E-state index in [-0.39, 0.29) is 30.6 Å². The average Bonchev–Trinajstić information content (AvgIpc) is 3.58. The number of alkyl halides is 3. The van der Waals surface area contributed by atoms with Crippen molar-refractivity contribution < 1.29 is 46.6 Å². The average molecular weight is 545 g/mol. The Kier molecular flexibility index (Phi) is 8.20. The number of cyclic esters (lactones) is 2. The summed E-state index contributed by atoms with van der Waals surface area (Å²) in [5, 5.41) is 0. The minimum absolute atomic E-state index is 0.0758. The van der Waals surface area contributed by atoms with Crippen LogP contribution in [0, 0.1) is 47.3 Å². The number of rotatable bonds is 9. The molecule has 214 valence electrons. The highest BCUT2D eigenvalue weighted by Gasteiger charge is 2.58. The molecule has 10 heteroatoms. The van der Waals surface area contributed by atoms with Crippen LogP contribution in [0.1, 0.15) is 85.5 Å². The summed E-state index contributed by atoms with van der Waals surface area (Å²) in [5.41, 5.74) is -0.600. The highest BCUT2D eigenvalue weighted by Crippen LogP contribution is 2.57. The normalized spacial score (nSPS) is 34.6. The zero-order valence-electron chi connectivity index (χ0n) is 22.6. The molecule has 7 nitrogen and oxygen atoms in total. The molecule has 9 atom stereocenters. The molecular formula is C28H39F3O7. The number of carbonyl (C=O) groups excluding carboxylic acids is 4. The number of ether oxygens (including phenoxy) is 3. The van der Waals surface area contributed by atoms with Crippen LogP contribution in [0.5, 0.6) is 0 Å². The van der Waals surface area contributed by atoms with E-state index in [1.807, 2.05) is 6.92 Å². The van der Waals surface area contributed by atoms with Crippen LogP contribution in [0.3, 0.4) is 0 Å². The number of hydrogen-bond donors (Lipinski definition) is 0. The fourth-order valence-electron chi connectivity index (χ4n) is 7.49. The molecule has 4 rings (SSSR count). The van der Waals surface area contributed by atoms with Crippen molar-refractivity contribution in [1.82, 2.24) is 0 Å². The fraction of sp³-hybridized carbons (Fsp3) is 0.857. The van der Waals surface area contributed by atoms with E-state index in [2.05, 4.69) is 6.92 Å². The number of carbonyl (C=O) groups is 4. The van der Waals surface area contributed by atoms with Gasteiger partial charge in [-0.15, -0.1) is 0 Å². The SMILES string of the molecule is CC(CC(CC1C(=O)OC(=O)C1C1C2CCC(C2)C1C)C(=O)OC(C)C(F)(F)F)C(=O)OC1(C)CCCC1. The Morgan fingerprint density at radius 1 is 1.05 bits per heavy atom. The predicted octanol–water partition coefficient (Wildman–Crippen LogP) is 5.39. The van der Waals surface area contributed by atoms with E-state index < -0.39 is 65.4 Å². The van der Waals surface area contributed by atoms with E-state index in [0.29, 0.717) is 5.92 Å². The summed E-state index contributed by atoms with van der Waals surface area (Å²) in [6.07, 6.45) is -1.16. The maximum absolute atomic E-state index is 13.2. The smallest absolute Gasteiger partial charge is 0.425 e. The standard InChI is InChI=1S/C28H39F3O7/c1-14(23(32)38-27(4)9-5-6-10-27)11-19(24(33)36-16(3)28(29,30)31)13-20-22(26(35)37-25(20)34)21-15(2)17-7-8-18(21)12-17/h14-22H,5-13H2,1-4H3. The first-order valence-corrected chi connectivity index (χ1v) is 14.0. The van der Waals surface area contributed by atoms with E-state index in [1.54, 1.807) is 6.92 Å². The van der Waals surface area contributed by atoms with Crippen LogP contribution in [0.25, 0.3) is 0 Å². The third-order valence-electron chi connectivity index (χ3n) is 9.71. The highest BCUT2D eigenvalue weighted by atomic mass is 19.4. The Balaban J connectivity index is 1.53. The van der Waals surface area contributed by atoms with Gasteiger partial charge in [0.1, 0.15) is 5.60 Å². The number of halogens is 3. The Hall–Kier alpha value is -2.13. The van der Waals surface area contributed by atoms with Gasteiger partial charge in [0, 0.05) is 0 Å². The van der Waals surface area contributed by atoms with Gasteiger partial charge in [0.15, 0.2) is 6.10 Å². The second kappa shape index (κ2) is 10.8. The van der Waals surface area contributed by atoms with Crippen LogP contribution in [0.2, 0.25) is 0 Å². The summed E-state index contributed by atoms with van der Waals surface area (Å²) < 4.78 is 55.0. The molecule has 1 aliphatic heterocycles. The van der Waals surface area contributed by atoms with Crippen molar-refractivity contribution in [1.29, 1.82) is 0 Å². The maximum atomic E-state index is 13.2. The molecule has 1 heterocycles. The van der Waals surface area contributed by atoms with Gasteiger partial charge in [-0.05, 0) is 95.3 Å². The lowest BCUT2D eigenvalue weighted by atomic mass is 9.68. The highest BCUT2D eigenvalue weighted by molar-refractivity contribution is 5.97. The van der Waals surface area contributed by atoms with Gasteiger partial charge < -0.3 is 14.2 Å². The number of hydrogen-bond acceptors (Lipinski definition) is 7. The van der Waals surface area contributed by atoms with E-state index in [4.69, 9.17) is 14.2 Å². The van der Waals surface area contributed by atoms with Crippen molar-refractivity contribution in [2.45, 2.75) is 103 Å². The summed E-state index contributed by atoms with van der Waals surface area (Å²) in [5.74, 6) is -5.94. The Morgan fingerprint density at radius 2 is 1.68 bits per heavy atom. The lowest BCUT2D eigenvalue weighted by molar-refractivity contribution is -0.219. The van der Waals surface area contributed by atoms with E-state index >= 15 is 0 Å². The lowest BCUT2D eigenvalue weighted by Gasteiger charge is -2.34. The minimum Gasteiger partial charge on any atom is -0.459 e. The number of esters is 4. The van der Waals surface area contributed by atoms with Crippen LogP contribution in [0.15, 0.2) is 0 Å². The third-order valence-corrected chi connectivity index (χ3v) is 9.71. The van der Waals surface area contributed by atoms with Gasteiger partial charge in [-0.2, -0.15) is 13.2 Å². The van der Waals surface area contributed by atoms with Crippen LogP contribution in [-0.4, -0.2) is 41.8 Å². The van der Waals surface area contributed by atoms with Gasteiger partial charge in [-0.1, -0.05) is 13.8 Å². The van der Waals surface area contributed by atoms with Crippen molar-refractivity contribution in [2.75, 3.05) is 0 Å². The third kappa shape index (κ3) is 5.88. The molecular weight excluding hydrogens is 505 g/mol. The molecule has 0 aromatic heterocycles. The van der Waals surface area contributed by atoms with Gasteiger partial charge in [0.2, 0.25) is 0 Å². The fourth-order valence-corrected chi connectivity index (χ4v) is 7.49. The topological polar surface area (TPSA) is 96.0 Å². The van der Waals surface area contributed by atoms with Gasteiger partial charge in [-0.25, -0.2) is 0 Å². The van der Waals surface area contributed by atoms with Crippen LogP contribution >= 0.6 is 0 Å². The van der Waals surface area contributed by atoms with Crippen molar-refractivity contribution in [3.05, 3.63) is 0 Å². The van der Waals surface area contributed by atoms with Crippen LogP contribution in [0.4, 0.5) is 13.2 Å². The molecule has 4 fully saturated rings. The van der Waals surface area contributed by atoms with Gasteiger partial charge in [-0.3, -0.25) is 19.2 Å². The van der Waals surface area contributed by atoms with Crippen molar-refractivity contribution in [2.24, 2.45) is 47.3 Å². The molecule has 3 aliphatic carbocycles. The van der Waals surface area contributed by atoms with Crippen molar-refractivity contribution in [3.8, 4) is 0 Å². The molecule has 38 heavy (non-hydrogen) atoms. The minimum atomic E-state index is -4.76. The first-order valence-electron chi connectivity index (χ1n) is 14.0. The van der Waals surface area contributed by atoms with Gasteiger partial charge in [0.05, 0.1) is 23.7 Å². The van der Waals surface area contributed by atoms with E-state index in [9.17, 15) is 32.3 Å². The molecule has 0 N–H and O–H groups in total. The van der Waals surface area contributed by atoms with Crippen molar-refractivity contribution in [3.63, 3.8) is 0 Å². The van der Waals surface area contributed by atoms with Crippen molar-refractivity contribution >= 4 is 23.9 Å². The summed E-state index contributed by atoms with van der Waals surface area (Å²) >= 11 is 0. The van der Waals surface area contributed by atoms with Gasteiger partial charge >= 0.3 is 30.1 Å². The molecule has 1 saturated heterocycles. The summed E-state index contributed by atoms with van der Waals surface area (Å²) in [7, 11) is 0.